The number of anilines is 2. The van der Waals surface area contributed by atoms with Gasteiger partial charge in [0.15, 0.2) is 17.3 Å². The van der Waals surface area contributed by atoms with Crippen LogP contribution in [0.15, 0.2) is 54.6 Å². The number of benzene rings is 2. The van der Waals surface area contributed by atoms with E-state index in [1.165, 1.54) is 31.8 Å². The topological polar surface area (TPSA) is 85.8 Å². The van der Waals surface area contributed by atoms with E-state index in [-0.39, 0.29) is 5.91 Å². The summed E-state index contributed by atoms with van der Waals surface area (Å²) in [6, 6.07) is 15.1. The summed E-state index contributed by atoms with van der Waals surface area (Å²) in [5, 5.41) is 11.8. The largest absolute Gasteiger partial charge is 0.493 e. The lowest BCUT2D eigenvalue weighted by atomic mass is 10.1. The summed E-state index contributed by atoms with van der Waals surface area (Å²) >= 11 is 0. The Hall–Kier alpha value is -4.07. The van der Waals surface area contributed by atoms with Crippen molar-refractivity contribution >= 4 is 23.5 Å². The third-order valence-corrected chi connectivity index (χ3v) is 6.14. The molecule has 0 atom stereocenters. The number of amides is 1. The molecule has 4 rings (SSSR count). The molecule has 1 aliphatic heterocycles. The number of carbonyl (C=O) groups is 1. The molecule has 0 radical (unpaired) electrons. The molecule has 2 aromatic carbocycles. The highest BCUT2D eigenvalue weighted by Gasteiger charge is 2.13. The molecule has 188 valence electrons. The van der Waals surface area contributed by atoms with Crippen molar-refractivity contribution < 1.29 is 19.0 Å². The van der Waals surface area contributed by atoms with E-state index in [0.29, 0.717) is 22.9 Å². The molecule has 2 heterocycles. The van der Waals surface area contributed by atoms with Gasteiger partial charge >= 0.3 is 0 Å². The molecule has 1 amide bonds. The van der Waals surface area contributed by atoms with E-state index in [1.54, 1.807) is 39.5 Å². The third kappa shape index (κ3) is 6.13. The summed E-state index contributed by atoms with van der Waals surface area (Å²) in [5.74, 6) is 2.23. The zero-order valence-corrected chi connectivity index (χ0v) is 21.0. The second-order valence-electron chi connectivity index (χ2n) is 8.54. The average Bonchev–Trinajstić information content (AvgIpc) is 3.21. The Balaban J connectivity index is 1.38. The Labute approximate surface area is 211 Å². The zero-order valence-electron chi connectivity index (χ0n) is 21.0. The SMILES string of the molecule is COc1cc(/C=C/C(=O)Nc2ccc(-c3ccc(N4CCCCCC4)nn3)cc2)cc(OC)c1OC. The van der Waals surface area contributed by atoms with Gasteiger partial charge < -0.3 is 24.4 Å². The van der Waals surface area contributed by atoms with Gasteiger partial charge in [-0.1, -0.05) is 25.0 Å². The summed E-state index contributed by atoms with van der Waals surface area (Å²) < 4.78 is 16.1. The molecule has 1 aliphatic rings. The van der Waals surface area contributed by atoms with Crippen LogP contribution in [0.25, 0.3) is 17.3 Å². The van der Waals surface area contributed by atoms with Crippen molar-refractivity contribution in [3.05, 3.63) is 60.2 Å². The molecule has 0 unspecified atom stereocenters. The quantitative estimate of drug-likeness (QED) is 0.436. The van der Waals surface area contributed by atoms with Crippen LogP contribution in [-0.4, -0.2) is 50.5 Å². The van der Waals surface area contributed by atoms with Crippen molar-refractivity contribution in [3.63, 3.8) is 0 Å². The first-order chi connectivity index (χ1) is 17.6. The lowest BCUT2D eigenvalue weighted by Crippen LogP contribution is -2.25. The van der Waals surface area contributed by atoms with E-state index >= 15 is 0 Å². The fourth-order valence-corrected chi connectivity index (χ4v) is 4.23. The number of carbonyl (C=O) groups excluding carboxylic acids is 1. The fraction of sp³-hybridized carbons (Fsp3) is 0.321. The highest BCUT2D eigenvalue weighted by Crippen LogP contribution is 2.38. The number of rotatable bonds is 8. The molecule has 0 spiro atoms. The van der Waals surface area contributed by atoms with E-state index in [9.17, 15) is 4.79 Å². The molecule has 0 saturated carbocycles. The van der Waals surface area contributed by atoms with Crippen molar-refractivity contribution in [2.45, 2.75) is 25.7 Å². The first-order valence-electron chi connectivity index (χ1n) is 12.1. The van der Waals surface area contributed by atoms with Gasteiger partial charge in [-0.25, -0.2) is 0 Å². The lowest BCUT2D eigenvalue weighted by Gasteiger charge is -2.20. The maximum Gasteiger partial charge on any atom is 0.248 e. The molecule has 3 aromatic rings. The van der Waals surface area contributed by atoms with Gasteiger partial charge in [0.25, 0.3) is 0 Å². The fourth-order valence-electron chi connectivity index (χ4n) is 4.23. The van der Waals surface area contributed by atoms with Crippen LogP contribution in [0.1, 0.15) is 31.2 Å². The van der Waals surface area contributed by atoms with Gasteiger partial charge in [-0.05, 0) is 60.9 Å². The number of ether oxygens (including phenoxy) is 3. The highest BCUT2D eigenvalue weighted by molar-refractivity contribution is 6.02. The van der Waals surface area contributed by atoms with Crippen LogP contribution in [0.2, 0.25) is 0 Å². The normalized spacial score (nSPS) is 13.8. The molecule has 8 heteroatoms. The van der Waals surface area contributed by atoms with Crippen molar-refractivity contribution in [3.8, 4) is 28.5 Å². The van der Waals surface area contributed by atoms with Crippen LogP contribution < -0.4 is 24.4 Å². The lowest BCUT2D eigenvalue weighted by molar-refractivity contribution is -0.111. The minimum Gasteiger partial charge on any atom is -0.493 e. The van der Waals surface area contributed by atoms with Crippen molar-refractivity contribution in [1.29, 1.82) is 0 Å². The molecule has 1 aromatic heterocycles. The van der Waals surface area contributed by atoms with Crippen molar-refractivity contribution in [2.24, 2.45) is 0 Å². The summed E-state index contributed by atoms with van der Waals surface area (Å²) in [4.78, 5) is 14.8. The van der Waals surface area contributed by atoms with Crippen molar-refractivity contribution in [1.82, 2.24) is 10.2 Å². The number of methoxy groups -OCH3 is 3. The van der Waals surface area contributed by atoms with Crippen LogP contribution in [-0.2, 0) is 4.79 Å². The van der Waals surface area contributed by atoms with Crippen LogP contribution in [0.5, 0.6) is 17.2 Å². The van der Waals surface area contributed by atoms with Gasteiger partial charge in [0.1, 0.15) is 0 Å². The molecule has 0 aliphatic carbocycles. The predicted molar refractivity (Wildman–Crippen MR) is 142 cm³/mol. The molecular weight excluding hydrogens is 456 g/mol. The van der Waals surface area contributed by atoms with Gasteiger partial charge in [-0.3, -0.25) is 4.79 Å². The monoisotopic (exact) mass is 488 g/mol. The molecular formula is C28H32N4O4. The van der Waals surface area contributed by atoms with Gasteiger partial charge in [-0.15, -0.1) is 10.2 Å². The minimum absolute atomic E-state index is 0.252. The summed E-state index contributed by atoms with van der Waals surface area (Å²) in [5.41, 5.74) is 3.18. The summed E-state index contributed by atoms with van der Waals surface area (Å²) in [6.45, 7) is 2.08. The van der Waals surface area contributed by atoms with Gasteiger partial charge in [0, 0.05) is 30.4 Å². The van der Waals surface area contributed by atoms with Crippen LogP contribution in [0, 0.1) is 0 Å². The molecule has 36 heavy (non-hydrogen) atoms. The number of aromatic nitrogens is 2. The number of hydrogen-bond donors (Lipinski definition) is 1. The van der Waals surface area contributed by atoms with E-state index in [2.05, 4.69) is 20.4 Å². The number of nitrogens with zero attached hydrogens (tertiary/aromatic N) is 3. The molecule has 1 N–H and O–H groups in total. The van der Waals surface area contributed by atoms with E-state index in [4.69, 9.17) is 14.2 Å². The maximum absolute atomic E-state index is 12.5. The van der Waals surface area contributed by atoms with E-state index < -0.39 is 0 Å². The second kappa shape index (κ2) is 12.1. The van der Waals surface area contributed by atoms with Gasteiger partial charge in [0.05, 0.1) is 27.0 Å². The average molecular weight is 489 g/mol. The molecule has 1 saturated heterocycles. The van der Waals surface area contributed by atoms with Crippen LogP contribution in [0.3, 0.4) is 0 Å². The summed E-state index contributed by atoms with van der Waals surface area (Å²) in [7, 11) is 4.65. The Morgan fingerprint density at radius 1 is 0.861 bits per heavy atom. The summed E-state index contributed by atoms with van der Waals surface area (Å²) in [6.07, 6.45) is 8.12. The first kappa shape index (κ1) is 25.0. The van der Waals surface area contributed by atoms with E-state index in [1.807, 2.05) is 36.4 Å². The number of hydrogen-bond acceptors (Lipinski definition) is 7. The maximum atomic E-state index is 12.5. The smallest absolute Gasteiger partial charge is 0.248 e. The van der Waals surface area contributed by atoms with Crippen LogP contribution in [0.4, 0.5) is 11.5 Å². The Morgan fingerprint density at radius 3 is 2.08 bits per heavy atom. The molecule has 8 nitrogen and oxygen atoms in total. The third-order valence-electron chi connectivity index (χ3n) is 6.14. The highest BCUT2D eigenvalue weighted by atomic mass is 16.5. The van der Waals surface area contributed by atoms with Crippen LogP contribution >= 0.6 is 0 Å². The van der Waals surface area contributed by atoms with Crippen molar-refractivity contribution in [2.75, 3.05) is 44.6 Å². The van der Waals surface area contributed by atoms with E-state index in [0.717, 1.165) is 35.7 Å². The molecule has 1 fully saturated rings. The second-order valence-corrected chi connectivity index (χ2v) is 8.54. The standard InChI is InChI=1S/C28H32N4O4/c1-34-24-18-20(19-25(35-2)28(24)36-3)8-15-27(33)29-22-11-9-21(10-12-22)23-13-14-26(31-30-23)32-16-6-4-5-7-17-32/h8-15,18-19H,4-7,16-17H2,1-3H3,(H,29,33)/b15-8+. The Bertz CT molecular complexity index is 1160. The number of nitrogens with one attached hydrogen (secondary N) is 1. The Morgan fingerprint density at radius 2 is 1.53 bits per heavy atom. The first-order valence-corrected chi connectivity index (χ1v) is 12.1. The zero-order chi connectivity index (χ0) is 25.3. The van der Waals surface area contributed by atoms with Gasteiger partial charge in [0.2, 0.25) is 11.7 Å². The Kier molecular flexibility index (Phi) is 8.39. The minimum atomic E-state index is -0.252. The molecule has 0 bridgehead atoms. The predicted octanol–water partition coefficient (Wildman–Crippen LogP) is 5.20. The van der Waals surface area contributed by atoms with Gasteiger partial charge in [-0.2, -0.15) is 0 Å².